The molecule has 3 atom stereocenters. The third-order valence-corrected chi connectivity index (χ3v) is 4.14. The Labute approximate surface area is 114 Å². The van der Waals surface area contributed by atoms with Crippen LogP contribution in [-0.2, 0) is 6.42 Å². The lowest BCUT2D eigenvalue weighted by atomic mass is 10.0. The van der Waals surface area contributed by atoms with Gasteiger partial charge in [0.15, 0.2) is 0 Å². The van der Waals surface area contributed by atoms with E-state index in [-0.39, 0.29) is 6.03 Å². The molecule has 1 aromatic rings. The van der Waals surface area contributed by atoms with Crippen LogP contribution in [0.2, 0.25) is 0 Å². The molecular formula is C16H20N2O. The van der Waals surface area contributed by atoms with Crippen LogP contribution in [0.15, 0.2) is 42.5 Å². The zero-order chi connectivity index (χ0) is 13.1. The second-order valence-electron chi connectivity index (χ2n) is 5.52. The van der Waals surface area contributed by atoms with E-state index in [9.17, 15) is 4.79 Å². The van der Waals surface area contributed by atoms with Crippen LogP contribution in [0.3, 0.4) is 0 Å². The van der Waals surface area contributed by atoms with Crippen molar-refractivity contribution in [3.05, 3.63) is 48.0 Å². The number of carbonyl (C=O) groups is 1. The number of hydrogen-bond donors (Lipinski definition) is 2. The summed E-state index contributed by atoms with van der Waals surface area (Å²) in [5.74, 6) is 1.25. The number of nitrogens with one attached hydrogen (secondary N) is 2. The SMILES string of the molecule is O=C(NCCc1ccccc1)NC1CC2C=CC1C2. The minimum absolute atomic E-state index is 0.0260. The molecule has 1 fully saturated rings. The van der Waals surface area contributed by atoms with E-state index in [1.807, 2.05) is 18.2 Å². The number of urea groups is 1. The lowest BCUT2D eigenvalue weighted by molar-refractivity contribution is 0.235. The second kappa shape index (κ2) is 5.47. The molecule has 0 aromatic heterocycles. The van der Waals surface area contributed by atoms with Crippen LogP contribution >= 0.6 is 0 Å². The minimum atomic E-state index is -0.0260. The molecule has 0 spiro atoms. The lowest BCUT2D eigenvalue weighted by Gasteiger charge is -2.20. The number of benzene rings is 1. The first-order valence-electron chi connectivity index (χ1n) is 7.08. The summed E-state index contributed by atoms with van der Waals surface area (Å²) in [6, 6.07) is 10.5. The lowest BCUT2D eigenvalue weighted by Crippen LogP contribution is -2.44. The molecule has 3 nitrogen and oxygen atoms in total. The highest BCUT2D eigenvalue weighted by atomic mass is 16.2. The van der Waals surface area contributed by atoms with Crippen molar-refractivity contribution in [2.24, 2.45) is 11.8 Å². The van der Waals surface area contributed by atoms with Gasteiger partial charge in [-0.2, -0.15) is 0 Å². The van der Waals surface area contributed by atoms with E-state index in [2.05, 4.69) is 34.9 Å². The average molecular weight is 256 g/mol. The van der Waals surface area contributed by atoms with Gasteiger partial charge in [-0.25, -0.2) is 4.79 Å². The topological polar surface area (TPSA) is 41.1 Å². The minimum Gasteiger partial charge on any atom is -0.338 e. The Balaban J connectivity index is 1.39. The van der Waals surface area contributed by atoms with E-state index < -0.39 is 0 Å². The highest BCUT2D eigenvalue weighted by Gasteiger charge is 2.36. The molecule has 2 bridgehead atoms. The average Bonchev–Trinajstić information content (AvgIpc) is 3.02. The van der Waals surface area contributed by atoms with Crippen LogP contribution in [-0.4, -0.2) is 18.6 Å². The smallest absolute Gasteiger partial charge is 0.315 e. The van der Waals surface area contributed by atoms with Gasteiger partial charge in [0.25, 0.3) is 0 Å². The number of allylic oxidation sites excluding steroid dienone is 1. The Morgan fingerprint density at radius 3 is 2.68 bits per heavy atom. The van der Waals surface area contributed by atoms with Crippen LogP contribution in [0, 0.1) is 11.8 Å². The van der Waals surface area contributed by atoms with Crippen molar-refractivity contribution >= 4 is 6.03 Å². The molecule has 1 saturated carbocycles. The van der Waals surface area contributed by atoms with E-state index in [4.69, 9.17) is 0 Å². The number of hydrogen-bond acceptors (Lipinski definition) is 1. The van der Waals surface area contributed by atoms with Gasteiger partial charge < -0.3 is 10.6 Å². The van der Waals surface area contributed by atoms with Gasteiger partial charge in [-0.05, 0) is 36.7 Å². The first kappa shape index (κ1) is 12.3. The van der Waals surface area contributed by atoms with Crippen LogP contribution in [0.1, 0.15) is 18.4 Å². The molecule has 1 aromatic carbocycles. The second-order valence-corrected chi connectivity index (χ2v) is 5.52. The zero-order valence-corrected chi connectivity index (χ0v) is 11.0. The molecule has 0 radical (unpaired) electrons. The third-order valence-electron chi connectivity index (χ3n) is 4.14. The van der Waals surface area contributed by atoms with Crippen LogP contribution in [0.4, 0.5) is 4.79 Å². The molecule has 0 heterocycles. The summed E-state index contributed by atoms with van der Waals surface area (Å²) in [4.78, 5) is 11.8. The van der Waals surface area contributed by atoms with Crippen molar-refractivity contribution in [1.82, 2.24) is 10.6 Å². The van der Waals surface area contributed by atoms with E-state index in [1.165, 1.54) is 12.0 Å². The molecule has 2 amide bonds. The fourth-order valence-corrected chi connectivity index (χ4v) is 3.13. The normalized spacial score (nSPS) is 27.5. The molecule has 2 aliphatic carbocycles. The molecular weight excluding hydrogens is 236 g/mol. The summed E-state index contributed by atoms with van der Waals surface area (Å²) in [5.41, 5.74) is 1.26. The zero-order valence-electron chi connectivity index (χ0n) is 11.0. The Morgan fingerprint density at radius 2 is 2.00 bits per heavy atom. The Hall–Kier alpha value is -1.77. The number of fused-ring (bicyclic) bond motifs is 2. The summed E-state index contributed by atoms with van der Waals surface area (Å²) >= 11 is 0. The molecule has 2 N–H and O–H groups in total. The number of amides is 2. The van der Waals surface area contributed by atoms with Crippen molar-refractivity contribution in [3.63, 3.8) is 0 Å². The standard InChI is InChI=1S/C16H20N2O/c19-16(17-9-8-12-4-2-1-3-5-12)18-15-11-13-6-7-14(15)10-13/h1-7,13-15H,8-11H2,(H2,17,18,19). The van der Waals surface area contributed by atoms with Crippen molar-refractivity contribution in [1.29, 1.82) is 0 Å². The highest BCUT2D eigenvalue weighted by Crippen LogP contribution is 2.38. The van der Waals surface area contributed by atoms with Crippen molar-refractivity contribution in [3.8, 4) is 0 Å². The predicted octanol–water partition coefficient (Wildman–Crippen LogP) is 2.49. The summed E-state index contributed by atoms with van der Waals surface area (Å²) in [7, 11) is 0. The molecule has 19 heavy (non-hydrogen) atoms. The quantitative estimate of drug-likeness (QED) is 0.798. The van der Waals surface area contributed by atoms with Gasteiger partial charge in [0, 0.05) is 12.6 Å². The summed E-state index contributed by atoms with van der Waals surface area (Å²) < 4.78 is 0. The largest absolute Gasteiger partial charge is 0.338 e. The summed E-state index contributed by atoms with van der Waals surface area (Å²) in [6.45, 7) is 0.687. The van der Waals surface area contributed by atoms with Gasteiger partial charge in [0.1, 0.15) is 0 Å². The molecule has 0 aliphatic heterocycles. The van der Waals surface area contributed by atoms with Crippen molar-refractivity contribution < 1.29 is 4.79 Å². The van der Waals surface area contributed by atoms with Gasteiger partial charge in [-0.15, -0.1) is 0 Å². The maximum Gasteiger partial charge on any atom is 0.315 e. The molecule has 0 saturated heterocycles. The maximum absolute atomic E-state index is 11.8. The molecule has 100 valence electrons. The van der Waals surface area contributed by atoms with Gasteiger partial charge >= 0.3 is 6.03 Å². The predicted molar refractivity (Wildman–Crippen MR) is 75.8 cm³/mol. The van der Waals surface area contributed by atoms with E-state index in [1.54, 1.807) is 0 Å². The molecule has 3 rings (SSSR count). The van der Waals surface area contributed by atoms with Gasteiger partial charge in [0.05, 0.1) is 0 Å². The van der Waals surface area contributed by atoms with E-state index in [0.29, 0.717) is 24.4 Å². The highest BCUT2D eigenvalue weighted by molar-refractivity contribution is 5.74. The first-order valence-corrected chi connectivity index (χ1v) is 7.08. The van der Waals surface area contributed by atoms with Gasteiger partial charge in [-0.3, -0.25) is 0 Å². The summed E-state index contributed by atoms with van der Waals surface area (Å²) in [6.07, 6.45) is 7.74. The van der Waals surface area contributed by atoms with Crippen molar-refractivity contribution in [2.45, 2.75) is 25.3 Å². The van der Waals surface area contributed by atoms with Crippen LogP contribution < -0.4 is 10.6 Å². The molecule has 3 heteroatoms. The Kier molecular flexibility index (Phi) is 3.53. The van der Waals surface area contributed by atoms with Gasteiger partial charge in [0.2, 0.25) is 0 Å². The number of carbonyl (C=O) groups excluding carboxylic acids is 1. The third kappa shape index (κ3) is 2.98. The summed E-state index contributed by atoms with van der Waals surface area (Å²) in [5, 5.41) is 6.04. The van der Waals surface area contributed by atoms with E-state index >= 15 is 0 Å². The van der Waals surface area contributed by atoms with Gasteiger partial charge in [-0.1, -0.05) is 42.5 Å². The maximum atomic E-state index is 11.8. The first-order chi connectivity index (χ1) is 9.31. The van der Waals surface area contributed by atoms with E-state index in [0.717, 1.165) is 12.8 Å². The van der Waals surface area contributed by atoms with Crippen LogP contribution in [0.25, 0.3) is 0 Å². The molecule has 2 aliphatic rings. The Bertz CT molecular complexity index is 469. The Morgan fingerprint density at radius 1 is 1.16 bits per heavy atom. The monoisotopic (exact) mass is 256 g/mol. The fraction of sp³-hybridized carbons (Fsp3) is 0.438. The van der Waals surface area contributed by atoms with Crippen molar-refractivity contribution in [2.75, 3.05) is 6.54 Å². The molecule has 3 unspecified atom stereocenters. The number of rotatable bonds is 4. The fourth-order valence-electron chi connectivity index (χ4n) is 3.13. The van der Waals surface area contributed by atoms with Crippen LogP contribution in [0.5, 0.6) is 0 Å².